The molecule has 5 aliphatic rings. The van der Waals surface area contributed by atoms with Gasteiger partial charge in [-0.15, -0.1) is 0 Å². The molecule has 16 heteroatoms. The summed E-state index contributed by atoms with van der Waals surface area (Å²) in [5, 5.41) is 8.01. The van der Waals surface area contributed by atoms with E-state index in [4.69, 9.17) is 15.6 Å². The van der Waals surface area contributed by atoms with E-state index in [1.54, 1.807) is 12.1 Å². The lowest BCUT2D eigenvalue weighted by Gasteiger charge is -2.48. The second-order valence-corrected chi connectivity index (χ2v) is 16.7. The number of ether oxygens (including phenoxy) is 1. The number of nitrogens with zero attached hydrogens (tertiary/aromatic N) is 8. The standard InChI is InChI=1S/C45H46N10O6/c46-41-39-40(28-8-11-33(12-9-28)61-32-6-2-1-3-7-32)50-55(42(39)48-26-47-41)30-5-4-18-52(23-30)38(57)21-27-16-19-51(20-17-27)31-24-53(25-31)29-10-13-34-35(22-29)45(60)54(44(34)59)36-14-15-37(56)49-43(36)58/h1-3,6-13,22,26-27,30-31,36H,4-5,14-21,23-25H2,(H2,46,47,48)(H,49,56,58)/t30-,36?/m1/s1. The highest BCUT2D eigenvalue weighted by Crippen LogP contribution is 2.37. The molecule has 2 atom stereocenters. The number of carbonyl (C=O) groups is 5. The maximum Gasteiger partial charge on any atom is 0.262 e. The number of nitrogens with two attached hydrogens (primary N) is 1. The van der Waals surface area contributed by atoms with Crippen LogP contribution < -0.4 is 20.7 Å². The summed E-state index contributed by atoms with van der Waals surface area (Å²) in [5.41, 5.74) is 10.1. The van der Waals surface area contributed by atoms with Crippen LogP contribution in [0.4, 0.5) is 11.5 Å². The van der Waals surface area contributed by atoms with Gasteiger partial charge in [0.25, 0.3) is 11.8 Å². The van der Waals surface area contributed by atoms with Crippen LogP contribution in [0.3, 0.4) is 0 Å². The van der Waals surface area contributed by atoms with Gasteiger partial charge >= 0.3 is 0 Å². The Kier molecular flexibility index (Phi) is 9.93. The molecule has 1 unspecified atom stereocenters. The molecule has 7 heterocycles. The topological polar surface area (TPSA) is 189 Å². The number of piperidine rings is 3. The fraction of sp³-hybridized carbons (Fsp3) is 0.378. The molecule has 10 rings (SSSR count). The first-order valence-electron chi connectivity index (χ1n) is 21.1. The molecule has 61 heavy (non-hydrogen) atoms. The zero-order chi connectivity index (χ0) is 41.8. The number of likely N-dealkylation sites (tertiary alicyclic amines) is 2. The van der Waals surface area contributed by atoms with Gasteiger partial charge in [-0.25, -0.2) is 14.6 Å². The van der Waals surface area contributed by atoms with E-state index in [-0.39, 0.29) is 30.4 Å². The number of nitrogen functional groups attached to an aromatic ring is 1. The SMILES string of the molecule is Nc1ncnc2c1c(-c1ccc(Oc3ccccc3)cc1)nn2[C@@H]1CCCN(C(=O)CC2CCN(C3CN(c4ccc5c(c4)C(=O)N(C4CCC(=O)NC4=O)C5=O)C3)CC2)C1. The van der Waals surface area contributed by atoms with E-state index in [2.05, 4.69) is 25.1 Å². The Morgan fingerprint density at radius 2 is 1.56 bits per heavy atom. The normalized spacial score (nSPS) is 21.5. The van der Waals surface area contributed by atoms with Crippen molar-refractivity contribution in [3.63, 3.8) is 0 Å². The smallest absolute Gasteiger partial charge is 0.262 e. The molecular weight excluding hydrogens is 777 g/mol. The van der Waals surface area contributed by atoms with E-state index in [0.29, 0.717) is 58.8 Å². The number of benzene rings is 3. The minimum absolute atomic E-state index is 0.0547. The highest BCUT2D eigenvalue weighted by atomic mass is 16.5. The summed E-state index contributed by atoms with van der Waals surface area (Å²) >= 11 is 0. The van der Waals surface area contributed by atoms with Crippen LogP contribution in [0.5, 0.6) is 11.5 Å². The maximum absolute atomic E-state index is 13.8. The van der Waals surface area contributed by atoms with E-state index in [9.17, 15) is 24.0 Å². The maximum atomic E-state index is 13.8. The predicted octanol–water partition coefficient (Wildman–Crippen LogP) is 4.42. The number of para-hydroxylation sites is 1. The van der Waals surface area contributed by atoms with Crippen molar-refractivity contribution in [1.29, 1.82) is 0 Å². The average Bonchev–Trinajstić information content (AvgIpc) is 3.77. The third-order valence-corrected chi connectivity index (χ3v) is 13.0. The number of hydrogen-bond donors (Lipinski definition) is 2. The lowest BCUT2D eigenvalue weighted by Crippen LogP contribution is -2.61. The summed E-state index contributed by atoms with van der Waals surface area (Å²) < 4.78 is 7.94. The number of hydrogen-bond acceptors (Lipinski definition) is 12. The molecule has 3 N–H and O–H groups in total. The van der Waals surface area contributed by atoms with Crippen molar-refractivity contribution >= 4 is 52.1 Å². The first-order valence-corrected chi connectivity index (χ1v) is 21.1. The number of aromatic nitrogens is 4. The van der Waals surface area contributed by atoms with Crippen molar-refractivity contribution in [2.45, 2.75) is 63.1 Å². The van der Waals surface area contributed by atoms with Crippen molar-refractivity contribution < 1.29 is 28.7 Å². The molecule has 5 amide bonds. The molecule has 5 aliphatic heterocycles. The number of rotatable bonds is 9. The summed E-state index contributed by atoms with van der Waals surface area (Å²) in [5.74, 6) is 0.298. The Morgan fingerprint density at radius 1 is 0.803 bits per heavy atom. The fourth-order valence-electron chi connectivity index (χ4n) is 9.59. The van der Waals surface area contributed by atoms with Crippen molar-refractivity contribution in [3.8, 4) is 22.8 Å². The van der Waals surface area contributed by atoms with E-state index >= 15 is 0 Å². The van der Waals surface area contributed by atoms with Gasteiger partial charge in [0.2, 0.25) is 17.7 Å². The molecular formula is C45H46N10O6. The van der Waals surface area contributed by atoms with Gasteiger partial charge < -0.3 is 20.3 Å². The Bertz CT molecular complexity index is 2550. The lowest BCUT2D eigenvalue weighted by atomic mass is 9.90. The molecule has 16 nitrogen and oxygen atoms in total. The van der Waals surface area contributed by atoms with Crippen molar-refractivity contribution in [3.05, 3.63) is 90.3 Å². The lowest BCUT2D eigenvalue weighted by molar-refractivity contribution is -0.136. The molecule has 0 spiro atoms. The Balaban J connectivity index is 0.731. The summed E-state index contributed by atoms with van der Waals surface area (Å²) in [6.45, 7) is 4.70. The number of anilines is 2. The minimum atomic E-state index is -0.985. The van der Waals surface area contributed by atoms with Gasteiger partial charge in [0.1, 0.15) is 35.4 Å². The van der Waals surface area contributed by atoms with Gasteiger partial charge in [0.15, 0.2) is 5.65 Å². The molecule has 312 valence electrons. The summed E-state index contributed by atoms with van der Waals surface area (Å²) in [7, 11) is 0. The molecule has 4 saturated heterocycles. The van der Waals surface area contributed by atoms with Crippen molar-refractivity contribution in [2.24, 2.45) is 5.92 Å². The van der Waals surface area contributed by atoms with Crippen LogP contribution >= 0.6 is 0 Å². The molecule has 0 saturated carbocycles. The number of carbonyl (C=O) groups excluding carboxylic acids is 5. The second-order valence-electron chi connectivity index (χ2n) is 16.7. The average molecular weight is 823 g/mol. The number of nitrogens with one attached hydrogen (secondary N) is 1. The number of imide groups is 2. The number of fused-ring (bicyclic) bond motifs is 2. The van der Waals surface area contributed by atoms with Gasteiger partial charge in [-0.3, -0.25) is 39.1 Å². The van der Waals surface area contributed by atoms with Crippen LogP contribution in [0.2, 0.25) is 0 Å². The molecule has 4 fully saturated rings. The predicted molar refractivity (Wildman–Crippen MR) is 225 cm³/mol. The molecule has 3 aromatic carbocycles. The Morgan fingerprint density at radius 3 is 2.33 bits per heavy atom. The monoisotopic (exact) mass is 822 g/mol. The number of amides is 5. The van der Waals surface area contributed by atoms with Crippen LogP contribution in [0.25, 0.3) is 22.3 Å². The highest BCUT2D eigenvalue weighted by molar-refractivity contribution is 6.23. The van der Waals surface area contributed by atoms with Gasteiger partial charge in [-0.1, -0.05) is 18.2 Å². The third kappa shape index (κ3) is 7.23. The van der Waals surface area contributed by atoms with Crippen LogP contribution in [-0.4, -0.2) is 115 Å². The zero-order valence-electron chi connectivity index (χ0n) is 33.6. The quantitative estimate of drug-likeness (QED) is 0.200. The van der Waals surface area contributed by atoms with Gasteiger partial charge in [-0.05, 0) is 106 Å². The van der Waals surface area contributed by atoms with E-state index in [1.807, 2.05) is 70.2 Å². The van der Waals surface area contributed by atoms with Crippen LogP contribution in [0.1, 0.15) is 71.7 Å². The van der Waals surface area contributed by atoms with Crippen LogP contribution in [0, 0.1) is 5.92 Å². The van der Waals surface area contributed by atoms with Gasteiger partial charge in [0, 0.05) is 56.3 Å². The van der Waals surface area contributed by atoms with Crippen molar-refractivity contribution in [2.75, 3.05) is 49.9 Å². The first kappa shape index (κ1) is 38.5. The highest BCUT2D eigenvalue weighted by Gasteiger charge is 2.45. The van der Waals surface area contributed by atoms with Gasteiger partial charge in [0.05, 0.1) is 22.6 Å². The van der Waals surface area contributed by atoms with Crippen LogP contribution in [-0.2, 0) is 14.4 Å². The Labute approximate surface area is 351 Å². The Hall–Kier alpha value is -6.68. The van der Waals surface area contributed by atoms with E-state index in [0.717, 1.165) is 80.3 Å². The molecule has 2 aromatic heterocycles. The molecule has 0 aliphatic carbocycles. The van der Waals surface area contributed by atoms with Crippen LogP contribution in [0.15, 0.2) is 79.1 Å². The molecule has 0 bridgehead atoms. The molecule has 0 radical (unpaired) electrons. The van der Waals surface area contributed by atoms with Crippen molar-refractivity contribution in [1.82, 2.24) is 39.8 Å². The summed E-state index contributed by atoms with van der Waals surface area (Å²) in [4.78, 5) is 81.0. The fourth-order valence-corrected chi connectivity index (χ4v) is 9.59. The minimum Gasteiger partial charge on any atom is -0.457 e. The largest absolute Gasteiger partial charge is 0.457 e. The second kappa shape index (κ2) is 15.7. The zero-order valence-corrected chi connectivity index (χ0v) is 33.6. The third-order valence-electron chi connectivity index (χ3n) is 13.0. The summed E-state index contributed by atoms with van der Waals surface area (Å²) in [6.07, 6.45) is 5.82. The summed E-state index contributed by atoms with van der Waals surface area (Å²) in [6, 6.07) is 22.0. The van der Waals surface area contributed by atoms with E-state index < -0.39 is 29.7 Å². The van der Waals surface area contributed by atoms with Gasteiger partial charge in [-0.2, -0.15) is 5.10 Å². The molecule has 5 aromatic rings. The van der Waals surface area contributed by atoms with E-state index in [1.165, 1.54) is 6.33 Å². The first-order chi connectivity index (χ1) is 29.7.